The van der Waals surface area contributed by atoms with Gasteiger partial charge in [0.15, 0.2) is 0 Å². The highest BCUT2D eigenvalue weighted by Gasteiger charge is 2.30. The van der Waals surface area contributed by atoms with E-state index in [9.17, 15) is 0 Å². The predicted octanol–water partition coefficient (Wildman–Crippen LogP) is 2.27. The minimum absolute atomic E-state index is 0.207. The zero-order valence-corrected chi connectivity index (χ0v) is 11.0. The Hall–Kier alpha value is -1.22. The second-order valence-electron chi connectivity index (χ2n) is 5.01. The van der Waals surface area contributed by atoms with E-state index in [1.807, 2.05) is 19.2 Å². The molecular formula is C14H22N2O. The number of methoxy groups -OCH3 is 1. The number of benzene rings is 1. The third kappa shape index (κ3) is 2.55. The van der Waals surface area contributed by atoms with Gasteiger partial charge in [-0.3, -0.25) is 0 Å². The van der Waals surface area contributed by atoms with Crippen molar-refractivity contribution >= 4 is 5.69 Å². The largest absolute Gasteiger partial charge is 0.495 e. The van der Waals surface area contributed by atoms with Crippen molar-refractivity contribution in [2.75, 3.05) is 32.1 Å². The van der Waals surface area contributed by atoms with Crippen molar-refractivity contribution in [2.24, 2.45) is 0 Å². The molecule has 1 aromatic rings. The molecule has 94 valence electrons. The van der Waals surface area contributed by atoms with Crippen LogP contribution >= 0.6 is 0 Å². The molecule has 3 heteroatoms. The Labute approximate surface area is 104 Å². The minimum atomic E-state index is 0.207. The van der Waals surface area contributed by atoms with E-state index in [4.69, 9.17) is 4.74 Å². The van der Waals surface area contributed by atoms with Crippen molar-refractivity contribution in [3.63, 3.8) is 0 Å². The molecule has 1 aliphatic heterocycles. The quantitative estimate of drug-likeness (QED) is 0.868. The molecule has 0 radical (unpaired) electrons. The SMILES string of the molecule is CNC1(C)CCCN(c2ccccc2OC)C1. The van der Waals surface area contributed by atoms with Gasteiger partial charge < -0.3 is 15.0 Å². The van der Waals surface area contributed by atoms with Crippen molar-refractivity contribution < 1.29 is 4.74 Å². The summed E-state index contributed by atoms with van der Waals surface area (Å²) in [6.45, 7) is 4.43. The molecular weight excluding hydrogens is 212 g/mol. The zero-order chi connectivity index (χ0) is 12.3. The molecule has 1 saturated heterocycles. The number of piperidine rings is 1. The summed E-state index contributed by atoms with van der Waals surface area (Å²) >= 11 is 0. The van der Waals surface area contributed by atoms with Crippen LogP contribution in [0.3, 0.4) is 0 Å². The lowest BCUT2D eigenvalue weighted by Gasteiger charge is -2.41. The molecule has 0 amide bonds. The van der Waals surface area contributed by atoms with Gasteiger partial charge in [0.05, 0.1) is 12.8 Å². The third-order valence-electron chi connectivity index (χ3n) is 3.73. The number of anilines is 1. The van der Waals surface area contributed by atoms with Crippen molar-refractivity contribution in [3.05, 3.63) is 24.3 Å². The molecule has 2 rings (SSSR count). The molecule has 1 aromatic carbocycles. The monoisotopic (exact) mass is 234 g/mol. The molecule has 1 fully saturated rings. The Balaban J connectivity index is 2.22. The number of likely N-dealkylation sites (N-methyl/N-ethyl adjacent to an activating group) is 1. The molecule has 0 spiro atoms. The molecule has 3 nitrogen and oxygen atoms in total. The van der Waals surface area contributed by atoms with Crippen LogP contribution in [-0.4, -0.2) is 32.8 Å². The molecule has 0 bridgehead atoms. The molecule has 0 aromatic heterocycles. The average Bonchev–Trinajstić information content (AvgIpc) is 2.39. The number of hydrogen-bond donors (Lipinski definition) is 1. The average molecular weight is 234 g/mol. The summed E-state index contributed by atoms with van der Waals surface area (Å²) < 4.78 is 5.44. The van der Waals surface area contributed by atoms with Gasteiger partial charge in [0.25, 0.3) is 0 Å². The molecule has 1 heterocycles. The van der Waals surface area contributed by atoms with Crippen LogP contribution in [0.5, 0.6) is 5.75 Å². The van der Waals surface area contributed by atoms with Gasteiger partial charge in [-0.15, -0.1) is 0 Å². The van der Waals surface area contributed by atoms with E-state index in [2.05, 4.69) is 29.3 Å². The summed E-state index contributed by atoms with van der Waals surface area (Å²) in [5.74, 6) is 0.966. The van der Waals surface area contributed by atoms with Crippen molar-refractivity contribution in [1.82, 2.24) is 5.32 Å². The first-order valence-electron chi connectivity index (χ1n) is 6.25. The van der Waals surface area contributed by atoms with Gasteiger partial charge in [0.2, 0.25) is 0 Å². The van der Waals surface area contributed by atoms with Gasteiger partial charge >= 0.3 is 0 Å². The van der Waals surface area contributed by atoms with Crippen LogP contribution in [0.2, 0.25) is 0 Å². The fourth-order valence-electron chi connectivity index (χ4n) is 2.54. The highest BCUT2D eigenvalue weighted by molar-refractivity contribution is 5.59. The Morgan fingerprint density at radius 1 is 1.35 bits per heavy atom. The van der Waals surface area contributed by atoms with Crippen LogP contribution in [0.15, 0.2) is 24.3 Å². The molecule has 0 aliphatic carbocycles. The smallest absolute Gasteiger partial charge is 0.142 e. The van der Waals surface area contributed by atoms with Gasteiger partial charge in [-0.05, 0) is 38.9 Å². The number of nitrogens with one attached hydrogen (secondary N) is 1. The van der Waals surface area contributed by atoms with Crippen LogP contribution in [0.1, 0.15) is 19.8 Å². The Kier molecular flexibility index (Phi) is 3.57. The topological polar surface area (TPSA) is 24.5 Å². The van der Waals surface area contributed by atoms with Crippen molar-refractivity contribution in [2.45, 2.75) is 25.3 Å². The predicted molar refractivity (Wildman–Crippen MR) is 71.9 cm³/mol. The van der Waals surface area contributed by atoms with Crippen LogP contribution < -0.4 is 15.0 Å². The van der Waals surface area contributed by atoms with Crippen LogP contribution in [-0.2, 0) is 0 Å². The molecule has 1 unspecified atom stereocenters. The first-order valence-corrected chi connectivity index (χ1v) is 6.25. The Bertz CT molecular complexity index is 380. The fraction of sp³-hybridized carbons (Fsp3) is 0.571. The Morgan fingerprint density at radius 3 is 2.82 bits per heavy atom. The molecule has 1 N–H and O–H groups in total. The Morgan fingerprint density at radius 2 is 2.12 bits per heavy atom. The van der Waals surface area contributed by atoms with Gasteiger partial charge in [-0.25, -0.2) is 0 Å². The van der Waals surface area contributed by atoms with Crippen LogP contribution in [0.4, 0.5) is 5.69 Å². The van der Waals surface area contributed by atoms with E-state index in [0.29, 0.717) is 0 Å². The number of rotatable bonds is 3. The van der Waals surface area contributed by atoms with E-state index in [1.54, 1.807) is 7.11 Å². The number of nitrogens with zero attached hydrogens (tertiary/aromatic N) is 1. The maximum atomic E-state index is 5.44. The van der Waals surface area contributed by atoms with Gasteiger partial charge in [-0.1, -0.05) is 12.1 Å². The lowest BCUT2D eigenvalue weighted by Crippen LogP contribution is -2.53. The van der Waals surface area contributed by atoms with E-state index in [-0.39, 0.29) is 5.54 Å². The standard InChI is InChI=1S/C14H22N2O/c1-14(15-2)9-6-10-16(11-14)12-7-4-5-8-13(12)17-3/h4-5,7-8,15H,6,9-11H2,1-3H3. The highest BCUT2D eigenvalue weighted by atomic mass is 16.5. The summed E-state index contributed by atoms with van der Waals surface area (Å²) in [7, 11) is 3.78. The maximum Gasteiger partial charge on any atom is 0.142 e. The van der Waals surface area contributed by atoms with Crippen molar-refractivity contribution in [1.29, 1.82) is 0 Å². The lowest BCUT2D eigenvalue weighted by atomic mass is 9.91. The number of para-hydroxylation sites is 2. The van der Waals surface area contributed by atoms with E-state index < -0.39 is 0 Å². The highest BCUT2D eigenvalue weighted by Crippen LogP contribution is 2.32. The summed E-state index contributed by atoms with van der Waals surface area (Å²) in [5.41, 5.74) is 1.41. The summed E-state index contributed by atoms with van der Waals surface area (Å²) in [5, 5.41) is 3.44. The first kappa shape index (κ1) is 12.2. The molecule has 1 atom stereocenters. The second-order valence-corrected chi connectivity index (χ2v) is 5.01. The van der Waals surface area contributed by atoms with Crippen molar-refractivity contribution in [3.8, 4) is 5.75 Å². The summed E-state index contributed by atoms with van der Waals surface area (Å²) in [4.78, 5) is 2.42. The second kappa shape index (κ2) is 4.96. The summed E-state index contributed by atoms with van der Waals surface area (Å²) in [6.07, 6.45) is 2.45. The van der Waals surface area contributed by atoms with Crippen LogP contribution in [0, 0.1) is 0 Å². The van der Waals surface area contributed by atoms with E-state index >= 15 is 0 Å². The number of ether oxygens (including phenoxy) is 1. The zero-order valence-electron chi connectivity index (χ0n) is 11.0. The van der Waals surface area contributed by atoms with Gasteiger partial charge in [-0.2, -0.15) is 0 Å². The third-order valence-corrected chi connectivity index (χ3v) is 3.73. The molecule has 0 saturated carbocycles. The normalized spacial score (nSPS) is 24.8. The van der Waals surface area contributed by atoms with E-state index in [1.165, 1.54) is 18.5 Å². The van der Waals surface area contributed by atoms with Gasteiger partial charge in [0, 0.05) is 18.6 Å². The summed E-state index contributed by atoms with van der Waals surface area (Å²) in [6, 6.07) is 8.26. The van der Waals surface area contributed by atoms with Crippen LogP contribution in [0.25, 0.3) is 0 Å². The molecule has 1 aliphatic rings. The fourth-order valence-corrected chi connectivity index (χ4v) is 2.54. The number of hydrogen-bond acceptors (Lipinski definition) is 3. The molecule has 17 heavy (non-hydrogen) atoms. The first-order chi connectivity index (χ1) is 8.18. The lowest BCUT2D eigenvalue weighted by molar-refractivity contribution is 0.314. The minimum Gasteiger partial charge on any atom is -0.495 e. The van der Waals surface area contributed by atoms with E-state index in [0.717, 1.165) is 18.8 Å². The maximum absolute atomic E-state index is 5.44. The van der Waals surface area contributed by atoms with Gasteiger partial charge in [0.1, 0.15) is 5.75 Å².